The van der Waals surface area contributed by atoms with Gasteiger partial charge in [0.2, 0.25) is 0 Å². The summed E-state index contributed by atoms with van der Waals surface area (Å²) in [5, 5.41) is 10.3. The molecule has 0 aromatic heterocycles. The van der Waals surface area contributed by atoms with Crippen molar-refractivity contribution < 1.29 is 14.6 Å². The summed E-state index contributed by atoms with van der Waals surface area (Å²) in [7, 11) is 0. The molecule has 0 aliphatic heterocycles. The molecule has 3 saturated carbocycles. The Morgan fingerprint density at radius 2 is 1.96 bits per heavy atom. The highest BCUT2D eigenvalue weighted by Crippen LogP contribution is 2.66. The third-order valence-electron chi connectivity index (χ3n) is 9.05. The van der Waals surface area contributed by atoms with E-state index in [2.05, 4.69) is 19.9 Å². The largest absolute Gasteiger partial charge is 0.462 e. The maximum absolute atomic E-state index is 11.4. The van der Waals surface area contributed by atoms with Gasteiger partial charge >= 0.3 is 5.97 Å². The molecule has 0 aromatic carbocycles. The van der Waals surface area contributed by atoms with Gasteiger partial charge < -0.3 is 9.84 Å². The molecular weight excluding hydrogens is 324 g/mol. The average molecular weight is 361 g/mol. The summed E-state index contributed by atoms with van der Waals surface area (Å²) < 4.78 is 5.54. The van der Waals surface area contributed by atoms with Crippen molar-refractivity contribution in [2.75, 3.05) is 0 Å². The van der Waals surface area contributed by atoms with Crippen molar-refractivity contribution in [1.82, 2.24) is 0 Å². The number of aliphatic hydroxyl groups is 1. The van der Waals surface area contributed by atoms with Gasteiger partial charge in [-0.25, -0.2) is 0 Å². The first-order chi connectivity index (χ1) is 12.3. The minimum absolute atomic E-state index is 0.0864. The van der Waals surface area contributed by atoms with E-state index in [9.17, 15) is 9.90 Å². The molecule has 4 aliphatic rings. The molecule has 146 valence electrons. The summed E-state index contributed by atoms with van der Waals surface area (Å²) in [6.07, 6.45) is 11.8. The number of esters is 1. The van der Waals surface area contributed by atoms with Crippen molar-refractivity contribution in [2.45, 2.75) is 91.3 Å². The van der Waals surface area contributed by atoms with Crippen LogP contribution in [0.4, 0.5) is 0 Å². The molecule has 0 bridgehead atoms. The van der Waals surface area contributed by atoms with E-state index >= 15 is 0 Å². The number of hydrogen-bond acceptors (Lipinski definition) is 3. The van der Waals surface area contributed by atoms with E-state index in [1.54, 1.807) is 5.57 Å². The van der Waals surface area contributed by atoms with E-state index in [0.29, 0.717) is 16.7 Å². The van der Waals surface area contributed by atoms with E-state index < -0.39 is 0 Å². The van der Waals surface area contributed by atoms with Gasteiger partial charge in [-0.05, 0) is 86.4 Å². The molecule has 0 saturated heterocycles. The van der Waals surface area contributed by atoms with Crippen LogP contribution in [0.1, 0.15) is 79.1 Å². The van der Waals surface area contributed by atoms with Crippen molar-refractivity contribution >= 4 is 5.97 Å². The monoisotopic (exact) mass is 360 g/mol. The Hall–Kier alpha value is -0.830. The molecule has 4 rings (SSSR count). The summed E-state index contributed by atoms with van der Waals surface area (Å²) in [5.74, 6) is 2.65. The molecule has 26 heavy (non-hydrogen) atoms. The highest BCUT2D eigenvalue weighted by atomic mass is 16.5. The Balaban J connectivity index is 1.58. The lowest BCUT2D eigenvalue weighted by Gasteiger charge is -2.58. The normalized spacial score (nSPS) is 48.7. The molecule has 0 amide bonds. The minimum atomic E-state index is -0.175. The quantitative estimate of drug-likeness (QED) is 0.564. The van der Waals surface area contributed by atoms with Gasteiger partial charge in [0.05, 0.1) is 6.10 Å². The lowest BCUT2D eigenvalue weighted by Crippen LogP contribution is -2.51. The van der Waals surface area contributed by atoms with E-state index in [1.165, 1.54) is 39.0 Å². The van der Waals surface area contributed by atoms with Gasteiger partial charge in [-0.3, -0.25) is 4.79 Å². The fourth-order valence-corrected chi connectivity index (χ4v) is 7.80. The molecule has 3 fully saturated rings. The van der Waals surface area contributed by atoms with Crippen LogP contribution in [-0.2, 0) is 9.53 Å². The molecule has 0 radical (unpaired) electrons. The van der Waals surface area contributed by atoms with Gasteiger partial charge in [0.25, 0.3) is 0 Å². The fraction of sp³-hybridized carbons (Fsp3) is 0.870. The van der Waals surface area contributed by atoms with E-state index in [0.717, 1.165) is 37.0 Å². The van der Waals surface area contributed by atoms with Crippen LogP contribution < -0.4 is 0 Å². The lowest BCUT2D eigenvalue weighted by molar-refractivity contribution is -0.148. The highest BCUT2D eigenvalue weighted by Gasteiger charge is 2.59. The highest BCUT2D eigenvalue weighted by molar-refractivity contribution is 5.66. The molecule has 8 atom stereocenters. The first-order valence-corrected chi connectivity index (χ1v) is 10.8. The van der Waals surface area contributed by atoms with Gasteiger partial charge in [0.1, 0.15) is 6.10 Å². The van der Waals surface area contributed by atoms with E-state index in [4.69, 9.17) is 4.74 Å². The van der Waals surface area contributed by atoms with Gasteiger partial charge in [-0.15, -0.1) is 0 Å². The van der Waals surface area contributed by atoms with Crippen molar-refractivity contribution in [2.24, 2.45) is 34.5 Å². The maximum Gasteiger partial charge on any atom is 0.302 e. The molecule has 1 N–H and O–H groups in total. The van der Waals surface area contributed by atoms with Crippen LogP contribution in [0.25, 0.3) is 0 Å². The fourth-order valence-electron chi connectivity index (χ4n) is 7.80. The SMILES string of the molecule is CC(=O)O[C@H]1CC[C@@]2(C)C(=CC[C@H]3[C@H]4CC[C@H]([C@@H](C)O)[C@@]4(C)CC[C@@H]32)C1. The predicted octanol–water partition coefficient (Wildman–Crippen LogP) is 4.88. The van der Waals surface area contributed by atoms with Crippen LogP contribution in [0.3, 0.4) is 0 Å². The summed E-state index contributed by atoms with van der Waals surface area (Å²) in [6, 6.07) is 0. The zero-order valence-electron chi connectivity index (χ0n) is 17.0. The van der Waals surface area contributed by atoms with Crippen molar-refractivity contribution in [1.29, 1.82) is 0 Å². The Kier molecular flexibility index (Phi) is 4.53. The second-order valence-electron chi connectivity index (χ2n) is 10.2. The number of ether oxygens (including phenoxy) is 1. The minimum Gasteiger partial charge on any atom is -0.462 e. The second-order valence-corrected chi connectivity index (χ2v) is 10.2. The van der Waals surface area contributed by atoms with Gasteiger partial charge in [0, 0.05) is 13.3 Å². The smallest absolute Gasteiger partial charge is 0.302 e. The van der Waals surface area contributed by atoms with Gasteiger partial charge in [-0.1, -0.05) is 25.5 Å². The Morgan fingerprint density at radius 3 is 2.65 bits per heavy atom. The molecule has 3 nitrogen and oxygen atoms in total. The Morgan fingerprint density at radius 1 is 1.19 bits per heavy atom. The van der Waals surface area contributed by atoms with E-state index in [-0.39, 0.29) is 18.2 Å². The number of hydrogen-bond donors (Lipinski definition) is 1. The number of carbonyl (C=O) groups excluding carboxylic acids is 1. The number of rotatable bonds is 2. The standard InChI is InChI=1S/C23H36O3/c1-14(24)19-7-8-20-18-6-5-16-13-17(26-15(2)25)9-11-22(16,3)21(18)10-12-23(19,20)4/h5,14,17-21,24H,6-13H2,1-4H3/t14-,17+,18+,19-,20-,21+,22+,23-/m1/s1. The van der Waals surface area contributed by atoms with Crippen LogP contribution >= 0.6 is 0 Å². The molecule has 0 aromatic rings. The van der Waals surface area contributed by atoms with Crippen molar-refractivity contribution in [3.63, 3.8) is 0 Å². The zero-order chi connectivity index (χ0) is 18.7. The first kappa shape index (κ1) is 18.5. The zero-order valence-corrected chi connectivity index (χ0v) is 17.0. The third-order valence-corrected chi connectivity index (χ3v) is 9.05. The van der Waals surface area contributed by atoms with Crippen molar-refractivity contribution in [3.05, 3.63) is 11.6 Å². The molecular formula is C23H36O3. The molecule has 4 aliphatic carbocycles. The molecule has 0 unspecified atom stereocenters. The topological polar surface area (TPSA) is 46.5 Å². The lowest BCUT2D eigenvalue weighted by atomic mass is 9.47. The van der Waals surface area contributed by atoms with Crippen LogP contribution in [0, 0.1) is 34.5 Å². The summed E-state index contributed by atoms with van der Waals surface area (Å²) in [4.78, 5) is 11.4. The Bertz CT molecular complexity index is 609. The summed E-state index contributed by atoms with van der Waals surface area (Å²) in [6.45, 7) is 8.49. The Labute approximate surface area is 158 Å². The van der Waals surface area contributed by atoms with Crippen LogP contribution in [0.5, 0.6) is 0 Å². The maximum atomic E-state index is 11.4. The van der Waals surface area contributed by atoms with Crippen LogP contribution in [0.15, 0.2) is 11.6 Å². The number of aliphatic hydroxyl groups excluding tert-OH is 1. The average Bonchev–Trinajstić information content (AvgIpc) is 2.92. The first-order valence-electron chi connectivity index (χ1n) is 10.8. The molecule has 0 heterocycles. The van der Waals surface area contributed by atoms with Crippen LogP contribution in [-0.4, -0.2) is 23.3 Å². The van der Waals surface area contributed by atoms with Crippen molar-refractivity contribution in [3.8, 4) is 0 Å². The second kappa shape index (κ2) is 6.36. The summed E-state index contributed by atoms with van der Waals surface area (Å²) >= 11 is 0. The number of allylic oxidation sites excluding steroid dienone is 1. The van der Waals surface area contributed by atoms with Gasteiger partial charge in [-0.2, -0.15) is 0 Å². The van der Waals surface area contributed by atoms with E-state index in [1.807, 2.05) is 6.92 Å². The number of carbonyl (C=O) groups is 1. The summed E-state index contributed by atoms with van der Waals surface area (Å²) in [5.41, 5.74) is 2.18. The van der Waals surface area contributed by atoms with Crippen LogP contribution in [0.2, 0.25) is 0 Å². The predicted molar refractivity (Wildman–Crippen MR) is 102 cm³/mol. The number of fused-ring (bicyclic) bond motifs is 5. The van der Waals surface area contributed by atoms with Gasteiger partial charge in [0.15, 0.2) is 0 Å². The molecule has 3 heteroatoms. The molecule has 0 spiro atoms. The third kappa shape index (κ3) is 2.68.